The molecule has 0 N–H and O–H groups in total. The first-order valence-electron chi connectivity index (χ1n) is 6.84. The van der Waals surface area contributed by atoms with E-state index in [4.69, 9.17) is 5.26 Å². The van der Waals surface area contributed by atoms with Crippen molar-refractivity contribution in [2.75, 3.05) is 0 Å². The van der Waals surface area contributed by atoms with E-state index in [0.29, 0.717) is 17.8 Å². The highest BCUT2D eigenvalue weighted by atomic mass is 16.6. The monoisotopic (exact) mass is 298 g/mol. The van der Waals surface area contributed by atoms with E-state index in [0.717, 1.165) is 12.8 Å². The summed E-state index contributed by atoms with van der Waals surface area (Å²) in [5.74, 6) is 0. The van der Waals surface area contributed by atoms with Gasteiger partial charge in [0.2, 0.25) is 0 Å². The summed E-state index contributed by atoms with van der Waals surface area (Å²) in [4.78, 5) is 22.4. The van der Waals surface area contributed by atoms with Gasteiger partial charge in [-0.25, -0.2) is 4.68 Å². The molecule has 1 aromatic heterocycles. The zero-order chi connectivity index (χ0) is 16.1. The standard InChI is InChI=1S/C15H14N4O3/c1-2-3-7-18-15(20)12(10-16)9-14(17-18)11-5-4-6-13(8-11)19(21)22/h4-6,8-9H,2-3,7H2,1H3. The number of hydrogen-bond donors (Lipinski definition) is 0. The Labute approximate surface area is 126 Å². The van der Waals surface area contributed by atoms with Gasteiger partial charge in [-0.1, -0.05) is 25.5 Å². The number of aryl methyl sites for hydroxylation is 1. The maximum atomic E-state index is 12.0. The molecule has 0 aliphatic carbocycles. The molecule has 0 aliphatic rings. The number of nitro groups is 1. The van der Waals surface area contributed by atoms with Gasteiger partial charge in [0.1, 0.15) is 11.6 Å². The zero-order valence-corrected chi connectivity index (χ0v) is 12.0. The summed E-state index contributed by atoms with van der Waals surface area (Å²) in [5, 5.41) is 24.2. The predicted octanol–water partition coefficient (Wildman–Crippen LogP) is 2.49. The zero-order valence-electron chi connectivity index (χ0n) is 12.0. The Hall–Kier alpha value is -3.01. The highest BCUT2D eigenvalue weighted by Gasteiger charge is 2.12. The van der Waals surface area contributed by atoms with Gasteiger partial charge < -0.3 is 0 Å². The number of unbranched alkanes of at least 4 members (excludes halogenated alkanes) is 1. The van der Waals surface area contributed by atoms with Crippen molar-refractivity contribution in [3.05, 3.63) is 56.4 Å². The molecule has 0 aliphatic heterocycles. The van der Waals surface area contributed by atoms with Crippen molar-refractivity contribution in [2.24, 2.45) is 0 Å². The van der Waals surface area contributed by atoms with Crippen molar-refractivity contribution >= 4 is 5.69 Å². The summed E-state index contributed by atoms with van der Waals surface area (Å²) in [6.07, 6.45) is 1.65. The lowest BCUT2D eigenvalue weighted by Crippen LogP contribution is -2.25. The fourth-order valence-electron chi connectivity index (χ4n) is 2.00. The van der Waals surface area contributed by atoms with Gasteiger partial charge in [-0.2, -0.15) is 10.4 Å². The lowest BCUT2D eigenvalue weighted by atomic mass is 10.1. The molecule has 0 saturated heterocycles. The molecule has 1 aromatic carbocycles. The van der Waals surface area contributed by atoms with Crippen molar-refractivity contribution in [3.63, 3.8) is 0 Å². The van der Waals surface area contributed by atoms with Crippen molar-refractivity contribution in [3.8, 4) is 17.3 Å². The van der Waals surface area contributed by atoms with Crippen LogP contribution in [-0.2, 0) is 6.54 Å². The Morgan fingerprint density at radius 2 is 2.18 bits per heavy atom. The Balaban J connectivity index is 2.56. The highest BCUT2D eigenvalue weighted by Crippen LogP contribution is 2.22. The van der Waals surface area contributed by atoms with E-state index in [1.807, 2.05) is 13.0 Å². The normalized spacial score (nSPS) is 10.2. The minimum absolute atomic E-state index is 0.0207. The average molecular weight is 298 g/mol. The minimum atomic E-state index is -0.498. The second-order valence-electron chi connectivity index (χ2n) is 4.74. The first-order chi connectivity index (χ1) is 10.6. The third-order valence-corrected chi connectivity index (χ3v) is 3.17. The fourth-order valence-corrected chi connectivity index (χ4v) is 2.00. The predicted molar refractivity (Wildman–Crippen MR) is 80.2 cm³/mol. The van der Waals surface area contributed by atoms with Gasteiger partial charge in [0, 0.05) is 24.2 Å². The van der Waals surface area contributed by atoms with Crippen LogP contribution in [-0.4, -0.2) is 14.7 Å². The van der Waals surface area contributed by atoms with E-state index in [9.17, 15) is 14.9 Å². The molecule has 22 heavy (non-hydrogen) atoms. The summed E-state index contributed by atoms with van der Waals surface area (Å²) < 4.78 is 1.25. The number of rotatable bonds is 5. The van der Waals surface area contributed by atoms with Crippen molar-refractivity contribution in [2.45, 2.75) is 26.3 Å². The molecule has 0 amide bonds. The molecule has 112 valence electrons. The summed E-state index contributed by atoms with van der Waals surface area (Å²) in [6, 6.07) is 9.17. The van der Waals surface area contributed by atoms with Gasteiger partial charge in [0.25, 0.3) is 11.2 Å². The van der Waals surface area contributed by atoms with E-state index in [1.165, 1.54) is 22.9 Å². The van der Waals surface area contributed by atoms with Crippen LogP contribution in [0.5, 0.6) is 0 Å². The van der Waals surface area contributed by atoms with Gasteiger partial charge in [0.05, 0.1) is 10.6 Å². The SMILES string of the molecule is CCCCn1nc(-c2cccc([N+](=O)[O-])c2)cc(C#N)c1=O. The lowest BCUT2D eigenvalue weighted by Gasteiger charge is -2.07. The summed E-state index contributed by atoms with van der Waals surface area (Å²) in [7, 11) is 0. The van der Waals surface area contributed by atoms with E-state index in [-0.39, 0.29) is 11.3 Å². The largest absolute Gasteiger partial charge is 0.284 e. The maximum Gasteiger partial charge on any atom is 0.284 e. The molecule has 0 atom stereocenters. The first-order valence-corrected chi connectivity index (χ1v) is 6.84. The van der Waals surface area contributed by atoms with E-state index in [1.54, 1.807) is 12.1 Å². The van der Waals surface area contributed by atoms with Crippen molar-refractivity contribution in [1.29, 1.82) is 5.26 Å². The van der Waals surface area contributed by atoms with Crippen LogP contribution in [0.2, 0.25) is 0 Å². The molecule has 7 nitrogen and oxygen atoms in total. The molecule has 1 heterocycles. The number of nitro benzene ring substituents is 1. The lowest BCUT2D eigenvalue weighted by molar-refractivity contribution is -0.384. The number of hydrogen-bond acceptors (Lipinski definition) is 5. The molecule has 7 heteroatoms. The van der Waals surface area contributed by atoms with Crippen LogP contribution in [0, 0.1) is 21.4 Å². The van der Waals surface area contributed by atoms with Crippen LogP contribution >= 0.6 is 0 Å². The summed E-state index contributed by atoms with van der Waals surface area (Å²) in [5.41, 5.74) is 0.341. The molecule has 0 bridgehead atoms. The Kier molecular flexibility index (Phi) is 4.63. The van der Waals surface area contributed by atoms with Gasteiger partial charge in [-0.15, -0.1) is 0 Å². The van der Waals surface area contributed by atoms with Crippen LogP contribution < -0.4 is 5.56 Å². The third kappa shape index (κ3) is 3.17. The number of benzene rings is 1. The molecular weight excluding hydrogens is 284 g/mol. The van der Waals surface area contributed by atoms with Crippen LogP contribution in [0.4, 0.5) is 5.69 Å². The Morgan fingerprint density at radius 3 is 2.82 bits per heavy atom. The smallest absolute Gasteiger partial charge is 0.266 e. The Bertz CT molecular complexity index is 805. The molecule has 0 fully saturated rings. The highest BCUT2D eigenvalue weighted by molar-refractivity contribution is 5.63. The first kappa shape index (κ1) is 15.4. The molecule has 0 spiro atoms. The Morgan fingerprint density at radius 1 is 1.41 bits per heavy atom. The number of nitriles is 1. The number of non-ortho nitro benzene ring substituents is 1. The third-order valence-electron chi connectivity index (χ3n) is 3.17. The molecule has 0 unspecified atom stereocenters. The average Bonchev–Trinajstić information content (AvgIpc) is 2.54. The van der Waals surface area contributed by atoms with E-state index >= 15 is 0 Å². The fraction of sp³-hybridized carbons (Fsp3) is 0.267. The van der Waals surface area contributed by atoms with Crippen molar-refractivity contribution in [1.82, 2.24) is 9.78 Å². The van der Waals surface area contributed by atoms with Crippen LogP contribution in [0.3, 0.4) is 0 Å². The number of aromatic nitrogens is 2. The second-order valence-corrected chi connectivity index (χ2v) is 4.74. The molecule has 2 rings (SSSR count). The van der Waals surface area contributed by atoms with Crippen LogP contribution in [0.15, 0.2) is 35.1 Å². The number of nitrogens with zero attached hydrogens (tertiary/aromatic N) is 4. The van der Waals surface area contributed by atoms with Crippen LogP contribution in [0.1, 0.15) is 25.3 Å². The quantitative estimate of drug-likeness (QED) is 0.623. The second kappa shape index (κ2) is 6.63. The van der Waals surface area contributed by atoms with Gasteiger partial charge in [-0.3, -0.25) is 14.9 Å². The van der Waals surface area contributed by atoms with E-state index in [2.05, 4.69) is 5.10 Å². The molecule has 0 radical (unpaired) electrons. The maximum absolute atomic E-state index is 12.0. The molecule has 0 saturated carbocycles. The van der Waals surface area contributed by atoms with Crippen LogP contribution in [0.25, 0.3) is 11.3 Å². The van der Waals surface area contributed by atoms with Crippen molar-refractivity contribution < 1.29 is 4.92 Å². The van der Waals surface area contributed by atoms with E-state index < -0.39 is 10.5 Å². The summed E-state index contributed by atoms with van der Waals surface area (Å²) >= 11 is 0. The van der Waals surface area contributed by atoms with Gasteiger partial charge in [0.15, 0.2) is 0 Å². The molecule has 2 aromatic rings. The topological polar surface area (TPSA) is 102 Å². The van der Waals surface area contributed by atoms with Gasteiger partial charge >= 0.3 is 0 Å². The minimum Gasteiger partial charge on any atom is -0.266 e. The molecular formula is C15H14N4O3. The van der Waals surface area contributed by atoms with Gasteiger partial charge in [-0.05, 0) is 12.5 Å². The summed E-state index contributed by atoms with van der Waals surface area (Å²) in [6.45, 7) is 2.40.